The molecule has 0 aromatic heterocycles. The van der Waals surface area contributed by atoms with E-state index >= 15 is 0 Å². The van der Waals surface area contributed by atoms with Gasteiger partial charge in [0.25, 0.3) is 5.91 Å². The number of hydrogen-bond acceptors (Lipinski definition) is 5. The number of nitrogens with one attached hydrogen (secondary N) is 1. The molecule has 21 heavy (non-hydrogen) atoms. The number of hydrogen-bond donors (Lipinski definition) is 2. The maximum absolute atomic E-state index is 12.1. The summed E-state index contributed by atoms with van der Waals surface area (Å²) < 4.78 is 0. The average molecular weight is 292 g/mol. The van der Waals surface area contributed by atoms with Crippen molar-refractivity contribution in [1.29, 1.82) is 5.26 Å². The fraction of sp³-hybridized carbons (Fsp3) is 0.733. The lowest BCUT2D eigenvalue weighted by Crippen LogP contribution is -2.45. The molecule has 116 valence electrons. The van der Waals surface area contributed by atoms with Gasteiger partial charge in [0.2, 0.25) is 0 Å². The van der Waals surface area contributed by atoms with Crippen LogP contribution in [0.3, 0.4) is 0 Å². The van der Waals surface area contributed by atoms with Crippen LogP contribution in [0.15, 0.2) is 11.8 Å². The zero-order valence-electron chi connectivity index (χ0n) is 12.4. The van der Waals surface area contributed by atoms with Crippen molar-refractivity contribution in [2.24, 2.45) is 0 Å². The molecule has 2 aliphatic rings. The topological polar surface area (TPSA) is 79.6 Å². The molecule has 0 radical (unpaired) electrons. The number of β-amino-alcohol motifs (C(OH)–C–C–N with tert-alkyl or cyclic N) is 1. The van der Waals surface area contributed by atoms with Gasteiger partial charge >= 0.3 is 0 Å². The van der Waals surface area contributed by atoms with E-state index in [4.69, 9.17) is 5.11 Å². The molecule has 0 bridgehead atoms. The standard InChI is InChI=1S/C15H24N4O2/c16-11-13(15(21)17-14-3-1-2-4-14)12-19-7-5-18(6-8-19)9-10-20/h12,14,20H,1-10H2,(H,17,21)/b13-12-. The van der Waals surface area contributed by atoms with Gasteiger partial charge < -0.3 is 15.3 Å². The molecule has 0 atom stereocenters. The molecular weight excluding hydrogens is 268 g/mol. The van der Waals surface area contributed by atoms with Crippen molar-refractivity contribution in [3.63, 3.8) is 0 Å². The zero-order chi connectivity index (χ0) is 15.1. The SMILES string of the molecule is N#C/C(=C/N1CCN(CCO)CC1)C(=O)NC1CCCC1. The van der Waals surface area contributed by atoms with Crippen molar-refractivity contribution in [2.75, 3.05) is 39.3 Å². The molecule has 6 nitrogen and oxygen atoms in total. The number of nitrogens with zero attached hydrogens (tertiary/aromatic N) is 3. The maximum Gasteiger partial charge on any atom is 0.263 e. The molecule has 1 aliphatic heterocycles. The number of rotatable bonds is 5. The third kappa shape index (κ3) is 4.73. The lowest BCUT2D eigenvalue weighted by molar-refractivity contribution is -0.117. The van der Waals surface area contributed by atoms with Crippen LogP contribution in [0.1, 0.15) is 25.7 Å². The lowest BCUT2D eigenvalue weighted by atomic mass is 10.2. The fourth-order valence-electron chi connectivity index (χ4n) is 2.91. The highest BCUT2D eigenvalue weighted by molar-refractivity contribution is 5.97. The van der Waals surface area contributed by atoms with Crippen LogP contribution in [0.4, 0.5) is 0 Å². The van der Waals surface area contributed by atoms with Crippen molar-refractivity contribution >= 4 is 5.91 Å². The number of carbonyl (C=O) groups is 1. The van der Waals surface area contributed by atoms with Crippen molar-refractivity contribution in [3.05, 3.63) is 11.8 Å². The molecule has 2 rings (SSSR count). The van der Waals surface area contributed by atoms with Gasteiger partial charge in [0, 0.05) is 45.0 Å². The predicted molar refractivity (Wildman–Crippen MR) is 79.2 cm³/mol. The monoisotopic (exact) mass is 292 g/mol. The highest BCUT2D eigenvalue weighted by Gasteiger charge is 2.21. The average Bonchev–Trinajstić information content (AvgIpc) is 2.99. The van der Waals surface area contributed by atoms with E-state index in [1.165, 1.54) is 0 Å². The molecule has 0 aromatic rings. The minimum atomic E-state index is -0.248. The minimum absolute atomic E-state index is 0.170. The third-order valence-electron chi connectivity index (χ3n) is 4.19. The van der Waals surface area contributed by atoms with Gasteiger partial charge in [-0.15, -0.1) is 0 Å². The van der Waals surface area contributed by atoms with E-state index in [1.54, 1.807) is 6.20 Å². The van der Waals surface area contributed by atoms with Gasteiger partial charge in [0.05, 0.1) is 6.61 Å². The Morgan fingerprint density at radius 1 is 1.29 bits per heavy atom. The normalized spacial score (nSPS) is 21.3. The van der Waals surface area contributed by atoms with Crippen molar-refractivity contribution in [3.8, 4) is 6.07 Å². The maximum atomic E-state index is 12.1. The fourth-order valence-corrected chi connectivity index (χ4v) is 2.91. The van der Waals surface area contributed by atoms with Gasteiger partial charge in [-0.25, -0.2) is 0 Å². The molecular formula is C15H24N4O2. The molecule has 0 aromatic carbocycles. The second kappa shape index (κ2) is 8.01. The highest BCUT2D eigenvalue weighted by atomic mass is 16.3. The molecule has 6 heteroatoms. The van der Waals surface area contributed by atoms with Crippen molar-refractivity contribution in [1.82, 2.24) is 15.1 Å². The molecule has 2 fully saturated rings. The summed E-state index contributed by atoms with van der Waals surface area (Å²) >= 11 is 0. The second-order valence-corrected chi connectivity index (χ2v) is 5.71. The van der Waals surface area contributed by atoms with Gasteiger partial charge in [0.1, 0.15) is 11.6 Å². The van der Waals surface area contributed by atoms with Crippen molar-refractivity contribution < 1.29 is 9.90 Å². The van der Waals surface area contributed by atoms with Gasteiger partial charge in [-0.1, -0.05) is 12.8 Å². The van der Waals surface area contributed by atoms with E-state index < -0.39 is 0 Å². The van der Waals surface area contributed by atoms with Crippen LogP contribution >= 0.6 is 0 Å². The van der Waals surface area contributed by atoms with Gasteiger partial charge in [0.15, 0.2) is 0 Å². The number of amides is 1. The van der Waals surface area contributed by atoms with Gasteiger partial charge in [-0.05, 0) is 12.8 Å². The van der Waals surface area contributed by atoms with E-state index in [0.29, 0.717) is 6.54 Å². The summed E-state index contributed by atoms with van der Waals surface area (Å²) in [6.07, 6.45) is 6.03. The zero-order valence-corrected chi connectivity index (χ0v) is 12.4. The quantitative estimate of drug-likeness (QED) is 0.553. The Balaban J connectivity index is 1.85. The summed E-state index contributed by atoms with van der Waals surface area (Å²) in [5.41, 5.74) is 0.192. The second-order valence-electron chi connectivity index (χ2n) is 5.71. The minimum Gasteiger partial charge on any atom is -0.395 e. The Labute approximate surface area is 126 Å². The van der Waals surface area contributed by atoms with E-state index in [1.807, 2.05) is 11.0 Å². The summed E-state index contributed by atoms with van der Waals surface area (Å²) in [6.45, 7) is 4.11. The van der Waals surface area contributed by atoms with E-state index in [0.717, 1.165) is 51.9 Å². The molecule has 1 saturated carbocycles. The van der Waals surface area contributed by atoms with E-state index in [2.05, 4.69) is 10.2 Å². The van der Waals surface area contributed by atoms with Gasteiger partial charge in [-0.2, -0.15) is 5.26 Å². The summed E-state index contributed by atoms with van der Waals surface area (Å²) in [5, 5.41) is 21.0. The first-order valence-corrected chi connectivity index (χ1v) is 7.73. The molecule has 1 saturated heterocycles. The molecule has 1 aliphatic carbocycles. The van der Waals surface area contributed by atoms with Crippen LogP contribution in [0.25, 0.3) is 0 Å². The van der Waals surface area contributed by atoms with E-state index in [-0.39, 0.29) is 24.1 Å². The van der Waals surface area contributed by atoms with E-state index in [9.17, 15) is 10.1 Å². The lowest BCUT2D eigenvalue weighted by Gasteiger charge is -2.33. The van der Waals surface area contributed by atoms with Crippen LogP contribution in [0.2, 0.25) is 0 Å². The molecule has 1 heterocycles. The molecule has 0 unspecified atom stereocenters. The third-order valence-corrected chi connectivity index (χ3v) is 4.19. The Morgan fingerprint density at radius 3 is 2.52 bits per heavy atom. The summed E-state index contributed by atoms with van der Waals surface area (Å²) in [5.74, 6) is -0.248. The first-order valence-electron chi connectivity index (χ1n) is 7.73. The summed E-state index contributed by atoms with van der Waals surface area (Å²) in [7, 11) is 0. The number of piperazine rings is 1. The van der Waals surface area contributed by atoms with Crippen LogP contribution in [0, 0.1) is 11.3 Å². The highest BCUT2D eigenvalue weighted by Crippen LogP contribution is 2.18. The number of nitriles is 1. The Morgan fingerprint density at radius 2 is 1.95 bits per heavy atom. The Kier molecular flexibility index (Phi) is 6.03. The molecule has 0 spiro atoms. The number of aliphatic hydroxyl groups excluding tert-OH is 1. The summed E-state index contributed by atoms with van der Waals surface area (Å²) in [6, 6.07) is 2.25. The first-order chi connectivity index (χ1) is 10.2. The van der Waals surface area contributed by atoms with Crippen LogP contribution in [-0.4, -0.2) is 66.2 Å². The van der Waals surface area contributed by atoms with Crippen LogP contribution in [0.5, 0.6) is 0 Å². The molecule has 2 N–H and O–H groups in total. The Bertz CT molecular complexity index is 416. The van der Waals surface area contributed by atoms with Gasteiger partial charge in [-0.3, -0.25) is 9.69 Å². The predicted octanol–water partition coefficient (Wildman–Crippen LogP) is 0.0626. The van der Waals surface area contributed by atoms with Crippen LogP contribution < -0.4 is 5.32 Å². The largest absolute Gasteiger partial charge is 0.395 e. The molecule has 1 amide bonds. The van der Waals surface area contributed by atoms with Crippen molar-refractivity contribution in [2.45, 2.75) is 31.7 Å². The summed E-state index contributed by atoms with van der Waals surface area (Å²) in [4.78, 5) is 16.3. The smallest absolute Gasteiger partial charge is 0.263 e. The number of aliphatic hydroxyl groups is 1. The number of carbonyl (C=O) groups excluding carboxylic acids is 1. The van der Waals surface area contributed by atoms with Crippen LogP contribution in [-0.2, 0) is 4.79 Å². The Hall–Kier alpha value is -1.58. The first kappa shape index (κ1) is 15.8.